The van der Waals surface area contributed by atoms with Gasteiger partial charge < -0.3 is 5.41 Å². The van der Waals surface area contributed by atoms with E-state index in [1.54, 1.807) is 19.1 Å². The molecule has 0 aromatic heterocycles. The average Bonchev–Trinajstić information content (AvgIpc) is 2.11. The van der Waals surface area contributed by atoms with Gasteiger partial charge in [0.1, 0.15) is 5.83 Å². The monoisotopic (exact) mass is 165 g/mol. The van der Waals surface area contributed by atoms with E-state index < -0.39 is 5.83 Å². The van der Waals surface area contributed by atoms with Crippen LogP contribution in [0.5, 0.6) is 0 Å². The largest absolute Gasteiger partial charge is 0.300 e. The van der Waals surface area contributed by atoms with Gasteiger partial charge in [-0.2, -0.15) is 0 Å². The summed E-state index contributed by atoms with van der Waals surface area (Å²) in [5.41, 5.74) is 0.0661. The van der Waals surface area contributed by atoms with Crippen LogP contribution < -0.4 is 0 Å². The molecule has 0 aliphatic rings. The van der Waals surface area contributed by atoms with E-state index in [9.17, 15) is 4.39 Å². The molecule has 0 saturated heterocycles. The summed E-state index contributed by atoms with van der Waals surface area (Å²) in [4.78, 5) is 0. The van der Waals surface area contributed by atoms with Crippen molar-refractivity contribution in [2.75, 3.05) is 0 Å². The molecule has 0 aliphatic carbocycles. The molecule has 1 nitrogen and oxygen atoms in total. The van der Waals surface area contributed by atoms with Crippen molar-refractivity contribution in [3.8, 4) is 0 Å². The van der Waals surface area contributed by atoms with Gasteiger partial charge in [0.05, 0.1) is 5.71 Å². The second-order valence-corrected chi connectivity index (χ2v) is 2.14. The molecule has 0 aromatic carbocycles. The molecule has 0 fully saturated rings. The zero-order valence-electron chi connectivity index (χ0n) is 7.10. The van der Waals surface area contributed by atoms with Gasteiger partial charge in [-0.3, -0.25) is 0 Å². The Bertz CT molecular complexity index is 259. The lowest BCUT2D eigenvalue weighted by molar-refractivity contribution is 0.661. The van der Waals surface area contributed by atoms with Gasteiger partial charge in [0.2, 0.25) is 0 Å². The highest BCUT2D eigenvalue weighted by atomic mass is 19.1. The molecular weight excluding hydrogens is 153 g/mol. The molecule has 0 amide bonds. The summed E-state index contributed by atoms with van der Waals surface area (Å²) in [7, 11) is 0. The summed E-state index contributed by atoms with van der Waals surface area (Å²) in [5.74, 6) is -0.502. The van der Waals surface area contributed by atoms with E-state index in [4.69, 9.17) is 5.41 Å². The standard InChI is InChI=1S/C10H12FN/c1-4-6-7-9(11)8(3)10(12)5-2/h4-7,12H,2-3H2,1H3/b6-4-,9-7+,12-10?. The van der Waals surface area contributed by atoms with Crippen LogP contribution >= 0.6 is 0 Å². The van der Waals surface area contributed by atoms with E-state index in [2.05, 4.69) is 13.2 Å². The molecule has 12 heavy (non-hydrogen) atoms. The summed E-state index contributed by atoms with van der Waals surface area (Å²) in [6.45, 7) is 8.54. The van der Waals surface area contributed by atoms with E-state index in [0.717, 1.165) is 0 Å². The minimum Gasteiger partial charge on any atom is -0.300 e. The highest BCUT2D eigenvalue weighted by Gasteiger charge is 2.02. The van der Waals surface area contributed by atoms with Crippen molar-refractivity contribution in [3.63, 3.8) is 0 Å². The number of halogens is 1. The molecule has 0 aliphatic heterocycles. The van der Waals surface area contributed by atoms with Crippen molar-refractivity contribution in [1.29, 1.82) is 5.41 Å². The summed E-state index contributed by atoms with van der Waals surface area (Å²) < 4.78 is 12.9. The normalized spacial score (nSPS) is 11.7. The molecule has 0 radical (unpaired) electrons. The molecule has 0 aromatic rings. The first-order chi connectivity index (χ1) is 5.63. The zero-order chi connectivity index (χ0) is 9.56. The Morgan fingerprint density at radius 2 is 2.08 bits per heavy atom. The number of hydrogen-bond acceptors (Lipinski definition) is 1. The Labute approximate surface area is 72.1 Å². The van der Waals surface area contributed by atoms with Crippen molar-refractivity contribution in [2.24, 2.45) is 0 Å². The van der Waals surface area contributed by atoms with Crippen molar-refractivity contribution in [3.05, 3.63) is 48.9 Å². The van der Waals surface area contributed by atoms with Gasteiger partial charge in [0.25, 0.3) is 0 Å². The fraction of sp³-hybridized carbons (Fsp3) is 0.100. The van der Waals surface area contributed by atoms with Crippen molar-refractivity contribution < 1.29 is 4.39 Å². The first kappa shape index (κ1) is 10.6. The van der Waals surface area contributed by atoms with Crippen LogP contribution in [0.1, 0.15) is 6.92 Å². The SMILES string of the molecule is C=CC(=N)C(=C)/C(F)=C\C=C/C. The zero-order valence-corrected chi connectivity index (χ0v) is 7.10. The summed E-state index contributed by atoms with van der Waals surface area (Å²) in [5, 5.41) is 7.19. The molecule has 0 atom stereocenters. The minimum atomic E-state index is -0.502. The Morgan fingerprint density at radius 3 is 2.50 bits per heavy atom. The molecule has 1 N–H and O–H groups in total. The van der Waals surface area contributed by atoms with Gasteiger partial charge in [-0.05, 0) is 19.1 Å². The van der Waals surface area contributed by atoms with Gasteiger partial charge in [0, 0.05) is 5.57 Å². The highest BCUT2D eigenvalue weighted by molar-refractivity contribution is 6.08. The van der Waals surface area contributed by atoms with Crippen molar-refractivity contribution >= 4 is 5.71 Å². The lowest BCUT2D eigenvalue weighted by Gasteiger charge is -1.97. The quantitative estimate of drug-likeness (QED) is 0.488. The van der Waals surface area contributed by atoms with Crippen LogP contribution in [-0.2, 0) is 0 Å². The minimum absolute atomic E-state index is 0.00764. The molecule has 0 bridgehead atoms. The van der Waals surface area contributed by atoms with Crippen LogP contribution in [0.3, 0.4) is 0 Å². The van der Waals surface area contributed by atoms with E-state index in [0.29, 0.717) is 0 Å². The Morgan fingerprint density at radius 1 is 1.50 bits per heavy atom. The fourth-order valence-corrected chi connectivity index (χ4v) is 0.533. The van der Waals surface area contributed by atoms with Crippen molar-refractivity contribution in [2.45, 2.75) is 6.92 Å². The molecule has 0 heterocycles. The van der Waals surface area contributed by atoms with Gasteiger partial charge in [-0.15, -0.1) is 0 Å². The van der Waals surface area contributed by atoms with Crippen LogP contribution in [0, 0.1) is 5.41 Å². The van der Waals surface area contributed by atoms with Gasteiger partial charge in [-0.25, -0.2) is 4.39 Å². The lowest BCUT2D eigenvalue weighted by atomic mass is 10.1. The lowest BCUT2D eigenvalue weighted by Crippen LogP contribution is -1.95. The fourth-order valence-electron chi connectivity index (χ4n) is 0.533. The summed E-state index contributed by atoms with van der Waals surface area (Å²) >= 11 is 0. The van der Waals surface area contributed by atoms with E-state index in [1.165, 1.54) is 12.2 Å². The molecule has 0 saturated carbocycles. The molecular formula is C10H12FN. The second-order valence-electron chi connectivity index (χ2n) is 2.14. The Balaban J connectivity index is 4.49. The van der Waals surface area contributed by atoms with Crippen LogP contribution in [0.25, 0.3) is 0 Å². The topological polar surface area (TPSA) is 23.9 Å². The summed E-state index contributed by atoms with van der Waals surface area (Å²) in [6.07, 6.45) is 5.77. The number of allylic oxidation sites excluding steroid dienone is 6. The molecule has 2 heteroatoms. The maximum atomic E-state index is 12.9. The third-order valence-electron chi connectivity index (χ3n) is 1.25. The number of rotatable bonds is 4. The van der Waals surface area contributed by atoms with Gasteiger partial charge in [-0.1, -0.05) is 25.3 Å². The third-order valence-corrected chi connectivity index (χ3v) is 1.25. The second kappa shape index (κ2) is 5.24. The van der Waals surface area contributed by atoms with Crippen molar-refractivity contribution in [1.82, 2.24) is 0 Å². The molecule has 64 valence electrons. The van der Waals surface area contributed by atoms with Crippen LogP contribution in [-0.4, -0.2) is 5.71 Å². The Hall–Kier alpha value is -1.44. The first-order valence-electron chi connectivity index (χ1n) is 3.52. The first-order valence-corrected chi connectivity index (χ1v) is 3.52. The van der Waals surface area contributed by atoms with E-state index in [-0.39, 0.29) is 11.3 Å². The van der Waals surface area contributed by atoms with Gasteiger partial charge in [0.15, 0.2) is 0 Å². The molecule has 0 rings (SSSR count). The predicted molar refractivity (Wildman–Crippen MR) is 51.1 cm³/mol. The van der Waals surface area contributed by atoms with E-state index in [1.807, 2.05) is 0 Å². The van der Waals surface area contributed by atoms with Crippen LogP contribution in [0.15, 0.2) is 48.9 Å². The maximum Gasteiger partial charge on any atom is 0.131 e. The van der Waals surface area contributed by atoms with E-state index >= 15 is 0 Å². The third kappa shape index (κ3) is 3.10. The average molecular weight is 165 g/mol. The maximum absolute atomic E-state index is 12.9. The number of hydrogen-bond donors (Lipinski definition) is 1. The molecule has 0 unspecified atom stereocenters. The Kier molecular flexibility index (Phi) is 4.61. The predicted octanol–water partition coefficient (Wildman–Crippen LogP) is 3.18. The molecule has 0 spiro atoms. The highest BCUT2D eigenvalue weighted by Crippen LogP contribution is 2.10. The van der Waals surface area contributed by atoms with Crippen LogP contribution in [0.2, 0.25) is 0 Å². The smallest absolute Gasteiger partial charge is 0.131 e. The van der Waals surface area contributed by atoms with Crippen LogP contribution in [0.4, 0.5) is 4.39 Å². The summed E-state index contributed by atoms with van der Waals surface area (Å²) in [6, 6.07) is 0. The number of nitrogens with one attached hydrogen (secondary N) is 1. The van der Waals surface area contributed by atoms with Gasteiger partial charge >= 0.3 is 0 Å².